The van der Waals surface area contributed by atoms with E-state index < -0.39 is 12.6 Å². The molecule has 0 heterocycles. The standard InChI is InChI=1S/C20H20F2O4/c1-13-3-6-16(11-14(13)2)18(23)9-10-19(24)25-12-15-4-7-17(8-5-15)26-20(21)22/h3-8,11,20H,9-10,12H2,1-2H3. The molecule has 0 saturated carbocycles. The zero-order valence-corrected chi connectivity index (χ0v) is 14.6. The number of hydrogen-bond donors (Lipinski definition) is 0. The molecule has 0 N–H and O–H groups in total. The van der Waals surface area contributed by atoms with Crippen LogP contribution < -0.4 is 4.74 Å². The number of ketones is 1. The van der Waals surface area contributed by atoms with Crippen LogP contribution in [0.4, 0.5) is 8.78 Å². The van der Waals surface area contributed by atoms with Crippen LogP contribution in [0.1, 0.15) is 39.9 Å². The largest absolute Gasteiger partial charge is 0.461 e. The van der Waals surface area contributed by atoms with Crippen LogP contribution in [0.15, 0.2) is 42.5 Å². The molecular weight excluding hydrogens is 342 g/mol. The molecule has 0 aromatic heterocycles. The number of hydrogen-bond acceptors (Lipinski definition) is 4. The molecule has 138 valence electrons. The highest BCUT2D eigenvalue weighted by atomic mass is 19.3. The predicted molar refractivity (Wildman–Crippen MR) is 92.4 cm³/mol. The van der Waals surface area contributed by atoms with Gasteiger partial charge in [0.15, 0.2) is 5.78 Å². The van der Waals surface area contributed by atoms with E-state index in [-0.39, 0.29) is 31.0 Å². The molecule has 0 aliphatic rings. The highest BCUT2D eigenvalue weighted by molar-refractivity contribution is 5.97. The fourth-order valence-electron chi connectivity index (χ4n) is 2.28. The fraction of sp³-hybridized carbons (Fsp3) is 0.300. The molecule has 0 spiro atoms. The Hall–Kier alpha value is -2.76. The van der Waals surface area contributed by atoms with Crippen LogP contribution in [-0.4, -0.2) is 18.4 Å². The maximum atomic E-state index is 12.1. The van der Waals surface area contributed by atoms with Gasteiger partial charge in [-0.15, -0.1) is 0 Å². The number of esters is 1. The molecule has 26 heavy (non-hydrogen) atoms. The maximum absolute atomic E-state index is 12.1. The first-order valence-electron chi connectivity index (χ1n) is 8.15. The molecule has 0 unspecified atom stereocenters. The van der Waals surface area contributed by atoms with Gasteiger partial charge in [0.05, 0.1) is 6.42 Å². The third-order valence-electron chi connectivity index (χ3n) is 3.93. The van der Waals surface area contributed by atoms with Gasteiger partial charge in [-0.3, -0.25) is 9.59 Å². The number of benzene rings is 2. The maximum Gasteiger partial charge on any atom is 0.387 e. The Morgan fingerprint density at radius 3 is 2.27 bits per heavy atom. The van der Waals surface area contributed by atoms with Gasteiger partial charge in [0.1, 0.15) is 12.4 Å². The summed E-state index contributed by atoms with van der Waals surface area (Å²) >= 11 is 0. The van der Waals surface area contributed by atoms with Crippen LogP contribution in [0, 0.1) is 13.8 Å². The Labute approximate surface area is 150 Å². The van der Waals surface area contributed by atoms with E-state index in [0.717, 1.165) is 11.1 Å². The average Bonchev–Trinajstić information content (AvgIpc) is 2.61. The lowest BCUT2D eigenvalue weighted by atomic mass is 10.0. The summed E-state index contributed by atoms with van der Waals surface area (Å²) in [5, 5.41) is 0. The summed E-state index contributed by atoms with van der Waals surface area (Å²) in [6, 6.07) is 11.3. The molecule has 0 aliphatic heterocycles. The molecule has 0 radical (unpaired) electrons. The van der Waals surface area contributed by atoms with Gasteiger partial charge < -0.3 is 9.47 Å². The van der Waals surface area contributed by atoms with Gasteiger partial charge in [-0.1, -0.05) is 24.3 Å². The minimum absolute atomic E-state index is 0.00558. The number of carbonyl (C=O) groups is 2. The lowest BCUT2D eigenvalue weighted by molar-refractivity contribution is -0.144. The molecule has 0 bridgehead atoms. The topological polar surface area (TPSA) is 52.6 Å². The van der Waals surface area contributed by atoms with E-state index in [1.54, 1.807) is 6.07 Å². The highest BCUT2D eigenvalue weighted by Crippen LogP contribution is 2.16. The van der Waals surface area contributed by atoms with E-state index in [0.29, 0.717) is 11.1 Å². The first-order valence-corrected chi connectivity index (χ1v) is 8.15. The van der Waals surface area contributed by atoms with Crippen molar-refractivity contribution >= 4 is 11.8 Å². The SMILES string of the molecule is Cc1ccc(C(=O)CCC(=O)OCc2ccc(OC(F)F)cc2)cc1C. The average molecular weight is 362 g/mol. The Morgan fingerprint density at radius 2 is 1.65 bits per heavy atom. The van der Waals surface area contributed by atoms with Crippen molar-refractivity contribution < 1.29 is 27.8 Å². The molecule has 0 fully saturated rings. The lowest BCUT2D eigenvalue weighted by Gasteiger charge is -2.07. The molecule has 0 aliphatic carbocycles. The summed E-state index contributed by atoms with van der Waals surface area (Å²) in [6.45, 7) is 1.02. The fourth-order valence-corrected chi connectivity index (χ4v) is 2.28. The molecule has 4 nitrogen and oxygen atoms in total. The van der Waals surface area contributed by atoms with Crippen LogP contribution in [0.2, 0.25) is 0 Å². The number of rotatable bonds is 8. The normalized spacial score (nSPS) is 10.7. The van der Waals surface area contributed by atoms with E-state index in [2.05, 4.69) is 4.74 Å². The van der Waals surface area contributed by atoms with Gasteiger partial charge in [-0.2, -0.15) is 8.78 Å². The third kappa shape index (κ3) is 5.95. The second-order valence-corrected chi connectivity index (χ2v) is 5.91. The quantitative estimate of drug-likeness (QED) is 0.508. The summed E-state index contributed by atoms with van der Waals surface area (Å²) in [5.41, 5.74) is 3.35. The minimum Gasteiger partial charge on any atom is -0.461 e. The van der Waals surface area contributed by atoms with Gasteiger partial charge in [-0.25, -0.2) is 0 Å². The van der Waals surface area contributed by atoms with Crippen molar-refractivity contribution in [2.75, 3.05) is 0 Å². The van der Waals surface area contributed by atoms with Crippen molar-refractivity contribution in [2.24, 2.45) is 0 Å². The van der Waals surface area contributed by atoms with E-state index in [9.17, 15) is 18.4 Å². The number of ether oxygens (including phenoxy) is 2. The monoisotopic (exact) mass is 362 g/mol. The highest BCUT2D eigenvalue weighted by Gasteiger charge is 2.11. The molecular formula is C20H20F2O4. The second-order valence-electron chi connectivity index (χ2n) is 5.91. The summed E-state index contributed by atoms with van der Waals surface area (Å²) in [4.78, 5) is 23.9. The van der Waals surface area contributed by atoms with Crippen LogP contribution in [-0.2, 0) is 16.1 Å². The van der Waals surface area contributed by atoms with E-state index in [4.69, 9.17) is 4.74 Å². The molecule has 2 rings (SSSR count). The Kier molecular flexibility index (Phi) is 6.83. The Bertz CT molecular complexity index is 770. The number of alkyl halides is 2. The third-order valence-corrected chi connectivity index (χ3v) is 3.93. The minimum atomic E-state index is -2.88. The molecule has 0 saturated heterocycles. The Morgan fingerprint density at radius 1 is 0.962 bits per heavy atom. The van der Waals surface area contributed by atoms with Gasteiger partial charge in [0, 0.05) is 12.0 Å². The molecule has 0 atom stereocenters. The number of aryl methyl sites for hydroxylation is 2. The zero-order chi connectivity index (χ0) is 19.1. The smallest absolute Gasteiger partial charge is 0.387 e. The molecule has 0 amide bonds. The number of halogens is 2. The van der Waals surface area contributed by atoms with Gasteiger partial charge in [0.25, 0.3) is 0 Å². The summed E-state index contributed by atoms with van der Waals surface area (Å²) in [6.07, 6.45) is 0.0564. The molecule has 2 aromatic carbocycles. The van der Waals surface area contributed by atoms with Crippen molar-refractivity contribution in [3.63, 3.8) is 0 Å². The van der Waals surface area contributed by atoms with Crippen LogP contribution in [0.25, 0.3) is 0 Å². The van der Waals surface area contributed by atoms with E-state index in [1.165, 1.54) is 24.3 Å². The summed E-state index contributed by atoms with van der Waals surface area (Å²) in [7, 11) is 0. The summed E-state index contributed by atoms with van der Waals surface area (Å²) < 4.78 is 33.5. The first-order chi connectivity index (χ1) is 12.3. The van der Waals surface area contributed by atoms with Crippen LogP contribution in [0.5, 0.6) is 5.75 Å². The Balaban J connectivity index is 1.78. The molecule has 2 aromatic rings. The second kappa shape index (κ2) is 9.08. The molecule has 6 heteroatoms. The van der Waals surface area contributed by atoms with Crippen LogP contribution >= 0.6 is 0 Å². The number of Topliss-reactive ketones (excluding diaryl/α,β-unsaturated/α-hetero) is 1. The van der Waals surface area contributed by atoms with Crippen molar-refractivity contribution in [1.29, 1.82) is 0 Å². The van der Waals surface area contributed by atoms with Gasteiger partial charge in [0.2, 0.25) is 0 Å². The first kappa shape index (κ1) is 19.6. The van der Waals surface area contributed by atoms with Gasteiger partial charge >= 0.3 is 12.6 Å². The van der Waals surface area contributed by atoms with Crippen molar-refractivity contribution in [3.05, 3.63) is 64.7 Å². The summed E-state index contributed by atoms with van der Waals surface area (Å²) in [5.74, 6) is -0.567. The predicted octanol–water partition coefficient (Wildman–Crippen LogP) is 4.61. The zero-order valence-electron chi connectivity index (χ0n) is 14.6. The number of carbonyl (C=O) groups excluding carboxylic acids is 2. The van der Waals surface area contributed by atoms with E-state index >= 15 is 0 Å². The van der Waals surface area contributed by atoms with Crippen molar-refractivity contribution in [2.45, 2.75) is 39.9 Å². The van der Waals surface area contributed by atoms with Crippen molar-refractivity contribution in [3.8, 4) is 5.75 Å². The van der Waals surface area contributed by atoms with Crippen LogP contribution in [0.3, 0.4) is 0 Å². The lowest BCUT2D eigenvalue weighted by Crippen LogP contribution is -2.08. The van der Waals surface area contributed by atoms with E-state index in [1.807, 2.05) is 26.0 Å². The van der Waals surface area contributed by atoms with Gasteiger partial charge in [-0.05, 0) is 48.7 Å². The van der Waals surface area contributed by atoms with Crippen molar-refractivity contribution in [1.82, 2.24) is 0 Å².